The minimum atomic E-state index is 0.00398. The van der Waals surface area contributed by atoms with Crippen LogP contribution < -0.4 is 0 Å². The molecule has 3 nitrogen and oxygen atoms in total. The highest BCUT2D eigenvalue weighted by Crippen LogP contribution is 2.23. The maximum absolute atomic E-state index is 12.8. The number of halogens is 1. The fourth-order valence-electron chi connectivity index (χ4n) is 2.57. The standard InChI is InChI=1S/C16H20ClNO2/c1-3-12(4-2)18(10-9-17)16(19)14-11-20-15-8-6-5-7-13(14)15/h5-8,11-12H,3-4,9-10H2,1-2H3. The summed E-state index contributed by atoms with van der Waals surface area (Å²) in [5.74, 6) is 0.446. The van der Waals surface area contributed by atoms with Gasteiger partial charge in [-0.2, -0.15) is 0 Å². The summed E-state index contributed by atoms with van der Waals surface area (Å²) in [5, 5.41) is 0.864. The normalized spacial score (nSPS) is 11.2. The number of furan rings is 1. The summed E-state index contributed by atoms with van der Waals surface area (Å²) >= 11 is 5.86. The Bertz CT molecular complexity index is 575. The number of nitrogens with zero attached hydrogens (tertiary/aromatic N) is 1. The van der Waals surface area contributed by atoms with Gasteiger partial charge in [-0.05, 0) is 18.9 Å². The molecule has 0 aliphatic heterocycles. The quantitative estimate of drug-likeness (QED) is 0.744. The molecule has 108 valence electrons. The maximum Gasteiger partial charge on any atom is 0.258 e. The molecule has 0 saturated heterocycles. The Morgan fingerprint density at radius 1 is 1.30 bits per heavy atom. The predicted molar refractivity (Wildman–Crippen MR) is 82.3 cm³/mol. The molecule has 0 saturated carbocycles. The Morgan fingerprint density at radius 3 is 2.65 bits per heavy atom. The number of carbonyl (C=O) groups excluding carboxylic acids is 1. The van der Waals surface area contributed by atoms with Gasteiger partial charge in [0.15, 0.2) is 0 Å². The average Bonchev–Trinajstić information content (AvgIpc) is 2.91. The Morgan fingerprint density at radius 2 is 2.00 bits per heavy atom. The van der Waals surface area contributed by atoms with Gasteiger partial charge in [0.1, 0.15) is 11.8 Å². The van der Waals surface area contributed by atoms with Gasteiger partial charge < -0.3 is 9.32 Å². The first-order valence-corrected chi connectivity index (χ1v) is 7.59. The predicted octanol–water partition coefficient (Wildman–Crippen LogP) is 4.30. The average molecular weight is 294 g/mol. The molecule has 1 aromatic carbocycles. The molecule has 2 aromatic rings. The number of hydrogen-bond acceptors (Lipinski definition) is 2. The van der Waals surface area contributed by atoms with Crippen LogP contribution >= 0.6 is 11.6 Å². The van der Waals surface area contributed by atoms with E-state index in [0.29, 0.717) is 18.0 Å². The number of amides is 1. The van der Waals surface area contributed by atoms with Crippen molar-refractivity contribution in [3.05, 3.63) is 36.1 Å². The van der Waals surface area contributed by atoms with Crippen LogP contribution in [-0.2, 0) is 0 Å². The van der Waals surface area contributed by atoms with E-state index < -0.39 is 0 Å². The zero-order chi connectivity index (χ0) is 14.5. The number of rotatable bonds is 6. The van der Waals surface area contributed by atoms with Gasteiger partial charge in [0, 0.05) is 23.9 Å². The lowest BCUT2D eigenvalue weighted by Crippen LogP contribution is -2.41. The number of alkyl halides is 1. The largest absolute Gasteiger partial charge is 0.463 e. The van der Waals surface area contributed by atoms with Crippen LogP contribution in [0.5, 0.6) is 0 Å². The van der Waals surface area contributed by atoms with Gasteiger partial charge in [-0.15, -0.1) is 11.6 Å². The van der Waals surface area contributed by atoms with Gasteiger partial charge in [-0.25, -0.2) is 0 Å². The second-order valence-electron chi connectivity index (χ2n) is 4.80. The summed E-state index contributed by atoms with van der Waals surface area (Å²) < 4.78 is 5.47. The van der Waals surface area contributed by atoms with Crippen molar-refractivity contribution in [2.45, 2.75) is 32.7 Å². The molecular weight excluding hydrogens is 274 g/mol. The first-order chi connectivity index (χ1) is 9.72. The van der Waals surface area contributed by atoms with Crippen LogP contribution in [-0.4, -0.2) is 29.3 Å². The summed E-state index contributed by atoms with van der Waals surface area (Å²) in [6.45, 7) is 4.75. The van der Waals surface area contributed by atoms with Crippen molar-refractivity contribution in [3.63, 3.8) is 0 Å². The Balaban J connectivity index is 2.36. The summed E-state index contributed by atoms with van der Waals surface area (Å²) in [5.41, 5.74) is 1.36. The summed E-state index contributed by atoms with van der Waals surface area (Å²) in [6.07, 6.45) is 3.40. The number of para-hydroxylation sites is 1. The SMILES string of the molecule is CCC(CC)N(CCCl)C(=O)c1coc2ccccc12. The summed E-state index contributed by atoms with van der Waals surface area (Å²) in [7, 11) is 0. The van der Waals surface area contributed by atoms with Gasteiger partial charge in [0.05, 0.1) is 5.56 Å². The van der Waals surface area contributed by atoms with Crippen LogP contribution in [0.15, 0.2) is 34.9 Å². The lowest BCUT2D eigenvalue weighted by Gasteiger charge is -2.29. The third-order valence-corrected chi connectivity index (χ3v) is 3.85. The Hall–Kier alpha value is -1.48. The molecule has 1 heterocycles. The van der Waals surface area contributed by atoms with Crippen molar-refractivity contribution >= 4 is 28.5 Å². The van der Waals surface area contributed by atoms with Gasteiger partial charge in [0.25, 0.3) is 5.91 Å². The van der Waals surface area contributed by atoms with E-state index in [9.17, 15) is 4.79 Å². The van der Waals surface area contributed by atoms with E-state index in [1.807, 2.05) is 29.2 Å². The number of hydrogen-bond donors (Lipinski definition) is 0. The zero-order valence-electron chi connectivity index (χ0n) is 11.9. The second kappa shape index (κ2) is 6.80. The van der Waals surface area contributed by atoms with E-state index in [1.54, 1.807) is 6.26 Å². The van der Waals surface area contributed by atoms with E-state index >= 15 is 0 Å². The molecule has 1 aromatic heterocycles. The van der Waals surface area contributed by atoms with E-state index in [1.165, 1.54) is 0 Å². The van der Waals surface area contributed by atoms with Crippen molar-refractivity contribution in [1.82, 2.24) is 4.90 Å². The van der Waals surface area contributed by atoms with Crippen LogP contribution in [0.4, 0.5) is 0 Å². The molecule has 1 amide bonds. The molecule has 2 rings (SSSR count). The van der Waals surface area contributed by atoms with E-state index in [0.717, 1.165) is 23.8 Å². The molecule has 4 heteroatoms. The highest BCUT2D eigenvalue weighted by Gasteiger charge is 2.24. The van der Waals surface area contributed by atoms with Gasteiger partial charge in [-0.3, -0.25) is 4.79 Å². The maximum atomic E-state index is 12.8. The van der Waals surface area contributed by atoms with E-state index in [2.05, 4.69) is 13.8 Å². The minimum Gasteiger partial charge on any atom is -0.463 e. The lowest BCUT2D eigenvalue weighted by atomic mass is 10.1. The van der Waals surface area contributed by atoms with Crippen LogP contribution in [0.25, 0.3) is 11.0 Å². The van der Waals surface area contributed by atoms with Gasteiger partial charge in [-0.1, -0.05) is 32.0 Å². The Labute approximate surface area is 124 Å². The topological polar surface area (TPSA) is 33.5 Å². The van der Waals surface area contributed by atoms with Gasteiger partial charge in [0.2, 0.25) is 0 Å². The molecule has 0 bridgehead atoms. The van der Waals surface area contributed by atoms with Crippen LogP contribution in [0, 0.1) is 0 Å². The smallest absolute Gasteiger partial charge is 0.258 e. The third kappa shape index (κ3) is 2.83. The third-order valence-electron chi connectivity index (χ3n) is 3.68. The van der Waals surface area contributed by atoms with Crippen LogP contribution in [0.1, 0.15) is 37.0 Å². The van der Waals surface area contributed by atoms with Crippen molar-refractivity contribution in [2.75, 3.05) is 12.4 Å². The molecule has 0 radical (unpaired) electrons. The number of benzene rings is 1. The summed E-state index contributed by atoms with van der Waals surface area (Å²) in [6, 6.07) is 7.82. The second-order valence-corrected chi connectivity index (χ2v) is 5.18. The van der Waals surface area contributed by atoms with Crippen molar-refractivity contribution < 1.29 is 9.21 Å². The molecule has 0 aliphatic rings. The highest BCUT2D eigenvalue weighted by molar-refractivity contribution is 6.18. The fraction of sp³-hybridized carbons (Fsp3) is 0.438. The number of carbonyl (C=O) groups is 1. The minimum absolute atomic E-state index is 0.00398. The fourth-order valence-corrected chi connectivity index (χ4v) is 2.75. The van der Waals surface area contributed by atoms with Crippen molar-refractivity contribution in [3.8, 4) is 0 Å². The lowest BCUT2D eigenvalue weighted by molar-refractivity contribution is 0.0682. The molecule has 0 fully saturated rings. The monoisotopic (exact) mass is 293 g/mol. The molecular formula is C16H20ClNO2. The Kier molecular flexibility index (Phi) is 5.07. The molecule has 0 unspecified atom stereocenters. The first kappa shape index (κ1) is 14.9. The zero-order valence-corrected chi connectivity index (χ0v) is 12.7. The van der Waals surface area contributed by atoms with Crippen LogP contribution in [0.2, 0.25) is 0 Å². The van der Waals surface area contributed by atoms with E-state index in [-0.39, 0.29) is 11.9 Å². The summed E-state index contributed by atoms with van der Waals surface area (Å²) in [4.78, 5) is 14.6. The molecule has 0 atom stereocenters. The van der Waals surface area contributed by atoms with Crippen LogP contribution in [0.3, 0.4) is 0 Å². The molecule has 0 spiro atoms. The van der Waals surface area contributed by atoms with Gasteiger partial charge >= 0.3 is 0 Å². The number of fused-ring (bicyclic) bond motifs is 1. The highest BCUT2D eigenvalue weighted by atomic mass is 35.5. The van der Waals surface area contributed by atoms with Crippen molar-refractivity contribution in [1.29, 1.82) is 0 Å². The van der Waals surface area contributed by atoms with Crippen molar-refractivity contribution in [2.24, 2.45) is 0 Å². The first-order valence-electron chi connectivity index (χ1n) is 7.06. The molecule has 0 N–H and O–H groups in total. The van der Waals surface area contributed by atoms with E-state index in [4.69, 9.17) is 16.0 Å². The molecule has 0 aliphatic carbocycles. The molecule has 20 heavy (non-hydrogen) atoms.